The van der Waals surface area contributed by atoms with Gasteiger partial charge in [0.15, 0.2) is 0 Å². The van der Waals surface area contributed by atoms with E-state index < -0.39 is 0 Å². The van der Waals surface area contributed by atoms with E-state index in [1.165, 1.54) is 0 Å². The van der Waals surface area contributed by atoms with Crippen LogP contribution in [-0.2, 0) is 0 Å². The highest BCUT2D eigenvalue weighted by Crippen LogP contribution is 2.30. The molecule has 2 aromatic rings. The van der Waals surface area contributed by atoms with Crippen molar-refractivity contribution in [1.82, 2.24) is 0 Å². The summed E-state index contributed by atoms with van der Waals surface area (Å²) >= 11 is 0. The van der Waals surface area contributed by atoms with Crippen LogP contribution in [0, 0.1) is 0 Å². The first kappa shape index (κ1) is 17.8. The second kappa shape index (κ2) is 8.34. The minimum atomic E-state index is 0.454. The van der Waals surface area contributed by atoms with Crippen molar-refractivity contribution < 1.29 is 9.47 Å². The molecule has 0 aliphatic carbocycles. The molecule has 2 N–H and O–H groups in total. The molecule has 0 unspecified atom stereocenters. The molecule has 0 bridgehead atoms. The van der Waals surface area contributed by atoms with Crippen LogP contribution >= 0.6 is 0 Å². The second-order valence-electron chi connectivity index (χ2n) is 5.80. The number of anilines is 3. The minimum Gasteiger partial charge on any atom is -0.488 e. The van der Waals surface area contributed by atoms with E-state index in [0.29, 0.717) is 18.9 Å². The first-order valence-electron chi connectivity index (χ1n) is 8.15. The fourth-order valence-corrected chi connectivity index (χ4v) is 2.38. The Bertz CT molecular complexity index is 659. The van der Waals surface area contributed by atoms with Gasteiger partial charge in [0.05, 0.1) is 11.4 Å². The number of para-hydroxylation sites is 2. The molecule has 0 spiro atoms. The lowest BCUT2D eigenvalue weighted by Gasteiger charge is -2.21. The Morgan fingerprint density at radius 3 is 2.21 bits per heavy atom. The fourth-order valence-electron chi connectivity index (χ4n) is 2.38. The summed E-state index contributed by atoms with van der Waals surface area (Å²) < 4.78 is 11.8. The minimum absolute atomic E-state index is 0.454. The normalized spacial score (nSPS) is 10.3. The zero-order chi connectivity index (χ0) is 17.5. The third-order valence-corrected chi connectivity index (χ3v) is 3.81. The fraction of sp³-hybridized carbons (Fsp3) is 0.368. The molecule has 0 saturated carbocycles. The van der Waals surface area contributed by atoms with Crippen LogP contribution in [0.3, 0.4) is 0 Å². The largest absolute Gasteiger partial charge is 0.488 e. The van der Waals surface area contributed by atoms with Gasteiger partial charge in [-0.05, 0) is 31.2 Å². The maximum Gasteiger partial charge on any atom is 0.144 e. The molecule has 0 amide bonds. The molecule has 2 aromatic carbocycles. The zero-order valence-corrected chi connectivity index (χ0v) is 15.0. The molecule has 0 heterocycles. The van der Waals surface area contributed by atoms with Crippen LogP contribution in [0.1, 0.15) is 6.92 Å². The number of nitrogens with zero attached hydrogens (tertiary/aromatic N) is 2. The number of hydrogen-bond acceptors (Lipinski definition) is 5. The van der Waals surface area contributed by atoms with Crippen LogP contribution in [0.4, 0.5) is 17.1 Å². The number of benzene rings is 2. The van der Waals surface area contributed by atoms with Gasteiger partial charge in [0, 0.05) is 39.4 Å². The van der Waals surface area contributed by atoms with Gasteiger partial charge < -0.3 is 25.0 Å². The van der Waals surface area contributed by atoms with E-state index in [0.717, 1.165) is 29.4 Å². The lowest BCUT2D eigenvalue weighted by molar-refractivity contribution is 0.218. The molecule has 0 fully saturated rings. The summed E-state index contributed by atoms with van der Waals surface area (Å²) in [5, 5.41) is 0. The highest BCUT2D eigenvalue weighted by Gasteiger charge is 2.09. The molecule has 130 valence electrons. The van der Waals surface area contributed by atoms with Gasteiger partial charge in [0.1, 0.15) is 24.7 Å². The average molecular weight is 329 g/mol. The van der Waals surface area contributed by atoms with Gasteiger partial charge in [-0.1, -0.05) is 12.1 Å². The van der Waals surface area contributed by atoms with Crippen molar-refractivity contribution in [2.75, 3.05) is 56.4 Å². The van der Waals surface area contributed by atoms with Crippen molar-refractivity contribution in [3.63, 3.8) is 0 Å². The van der Waals surface area contributed by atoms with E-state index >= 15 is 0 Å². The van der Waals surface area contributed by atoms with Crippen molar-refractivity contribution >= 4 is 17.1 Å². The maximum absolute atomic E-state index is 5.90. The average Bonchev–Trinajstić information content (AvgIpc) is 2.58. The molecule has 5 nitrogen and oxygen atoms in total. The number of nitrogen functional groups attached to an aromatic ring is 1. The van der Waals surface area contributed by atoms with E-state index in [1.807, 2.05) is 68.5 Å². The molecule has 2 rings (SSSR count). The molecule has 0 atom stereocenters. The van der Waals surface area contributed by atoms with Crippen LogP contribution in [-0.4, -0.2) is 40.9 Å². The summed E-state index contributed by atoms with van der Waals surface area (Å²) in [7, 11) is 6.03. The Morgan fingerprint density at radius 1 is 0.875 bits per heavy atom. The third-order valence-electron chi connectivity index (χ3n) is 3.81. The van der Waals surface area contributed by atoms with Gasteiger partial charge in [-0.3, -0.25) is 0 Å². The van der Waals surface area contributed by atoms with E-state index in [-0.39, 0.29) is 0 Å². The topological polar surface area (TPSA) is 51.0 Å². The number of nitrogens with two attached hydrogens (primary N) is 1. The molecule has 0 aromatic heterocycles. The SMILES string of the molecule is CCN(C)c1ccc(N)cc1OCCOc1ccccc1N(C)C. The van der Waals surface area contributed by atoms with Gasteiger partial charge in [0.2, 0.25) is 0 Å². The second-order valence-corrected chi connectivity index (χ2v) is 5.80. The third kappa shape index (κ3) is 4.47. The summed E-state index contributed by atoms with van der Waals surface area (Å²) in [4.78, 5) is 4.15. The van der Waals surface area contributed by atoms with Gasteiger partial charge >= 0.3 is 0 Å². The summed E-state index contributed by atoms with van der Waals surface area (Å²) in [6.45, 7) is 3.92. The zero-order valence-electron chi connectivity index (χ0n) is 15.0. The summed E-state index contributed by atoms with van der Waals surface area (Å²) in [5.41, 5.74) is 8.65. The van der Waals surface area contributed by atoms with Crippen molar-refractivity contribution in [2.45, 2.75) is 6.92 Å². The van der Waals surface area contributed by atoms with Crippen LogP contribution in [0.5, 0.6) is 11.5 Å². The van der Waals surface area contributed by atoms with Crippen molar-refractivity contribution in [3.05, 3.63) is 42.5 Å². The number of hydrogen-bond donors (Lipinski definition) is 1. The summed E-state index contributed by atoms with van der Waals surface area (Å²) in [6.07, 6.45) is 0. The maximum atomic E-state index is 5.90. The standard InChI is InChI=1S/C19H27N3O2/c1-5-22(4)17-11-10-15(20)14-19(17)24-13-12-23-18-9-7-6-8-16(18)21(2)3/h6-11,14H,5,12-13,20H2,1-4H3. The Morgan fingerprint density at radius 2 is 1.54 bits per heavy atom. The van der Waals surface area contributed by atoms with Crippen molar-refractivity contribution in [3.8, 4) is 11.5 Å². The molecular formula is C19H27N3O2. The Labute approximate surface area is 144 Å². The van der Waals surface area contributed by atoms with Gasteiger partial charge in [0.25, 0.3) is 0 Å². The molecular weight excluding hydrogens is 302 g/mol. The lowest BCUT2D eigenvalue weighted by atomic mass is 10.2. The number of ether oxygens (including phenoxy) is 2. The predicted molar refractivity (Wildman–Crippen MR) is 102 cm³/mol. The smallest absolute Gasteiger partial charge is 0.144 e. The van der Waals surface area contributed by atoms with Crippen LogP contribution in [0.15, 0.2) is 42.5 Å². The van der Waals surface area contributed by atoms with Gasteiger partial charge in [-0.15, -0.1) is 0 Å². The van der Waals surface area contributed by atoms with E-state index in [4.69, 9.17) is 15.2 Å². The van der Waals surface area contributed by atoms with E-state index in [9.17, 15) is 0 Å². The molecule has 0 radical (unpaired) electrons. The summed E-state index contributed by atoms with van der Waals surface area (Å²) in [5.74, 6) is 1.63. The molecule has 0 aliphatic rings. The Hall–Kier alpha value is -2.56. The van der Waals surface area contributed by atoms with Crippen molar-refractivity contribution in [1.29, 1.82) is 0 Å². The van der Waals surface area contributed by atoms with Crippen molar-refractivity contribution in [2.24, 2.45) is 0 Å². The molecule has 0 aliphatic heterocycles. The van der Waals surface area contributed by atoms with Crippen LogP contribution in [0.2, 0.25) is 0 Å². The predicted octanol–water partition coefficient (Wildman–Crippen LogP) is 3.25. The molecule has 5 heteroatoms. The molecule has 0 saturated heterocycles. The Balaban J connectivity index is 1.97. The number of rotatable bonds is 8. The lowest BCUT2D eigenvalue weighted by Crippen LogP contribution is -2.18. The van der Waals surface area contributed by atoms with Gasteiger partial charge in [-0.25, -0.2) is 0 Å². The highest BCUT2D eigenvalue weighted by atomic mass is 16.5. The van der Waals surface area contributed by atoms with E-state index in [1.54, 1.807) is 0 Å². The first-order chi connectivity index (χ1) is 11.5. The highest BCUT2D eigenvalue weighted by molar-refractivity contribution is 5.63. The van der Waals surface area contributed by atoms with Gasteiger partial charge in [-0.2, -0.15) is 0 Å². The molecule has 24 heavy (non-hydrogen) atoms. The first-order valence-corrected chi connectivity index (χ1v) is 8.15. The van der Waals surface area contributed by atoms with Crippen LogP contribution in [0.25, 0.3) is 0 Å². The van der Waals surface area contributed by atoms with Crippen LogP contribution < -0.4 is 25.0 Å². The van der Waals surface area contributed by atoms with E-state index in [2.05, 4.69) is 11.8 Å². The quantitative estimate of drug-likeness (QED) is 0.595. The Kier molecular flexibility index (Phi) is 6.18. The monoisotopic (exact) mass is 329 g/mol. The summed E-state index contributed by atoms with van der Waals surface area (Å²) in [6, 6.07) is 13.7.